The maximum atomic E-state index is 10.4. The van der Waals surface area contributed by atoms with E-state index in [0.29, 0.717) is 0 Å². The molecule has 0 fully saturated rings. The van der Waals surface area contributed by atoms with E-state index < -0.39 is 43.9 Å². The molecule has 13 heteroatoms. The predicted octanol–water partition coefficient (Wildman–Crippen LogP) is -2.86. The van der Waals surface area contributed by atoms with Crippen LogP contribution in [0.5, 0.6) is 0 Å². The standard InChI is InChI=1S/C10H18O10S2.Na/c11-9(7-21(13,14)15)5-19-3-1-2-4-20-6-10(12)8-22(16,17)18;/h9-12H,3-8H2,(H,13,14,15)(H,16,17,18);. The summed E-state index contributed by atoms with van der Waals surface area (Å²) in [5.74, 6) is 3.24. The van der Waals surface area contributed by atoms with Gasteiger partial charge in [-0.2, -0.15) is 16.8 Å². The van der Waals surface area contributed by atoms with E-state index in [2.05, 4.69) is 11.8 Å². The third-order valence-corrected chi connectivity index (χ3v) is 3.51. The summed E-state index contributed by atoms with van der Waals surface area (Å²) in [7, 11) is -8.54. The van der Waals surface area contributed by atoms with Crippen LogP contribution in [-0.4, -0.2) is 116 Å². The second-order valence-electron chi connectivity index (χ2n) is 4.19. The summed E-state index contributed by atoms with van der Waals surface area (Å²) in [6.45, 7) is -0.913. The minimum atomic E-state index is -4.27. The molecule has 0 heterocycles. The van der Waals surface area contributed by atoms with Gasteiger partial charge in [0.05, 0.1) is 25.4 Å². The summed E-state index contributed by atoms with van der Waals surface area (Å²) >= 11 is 0. The van der Waals surface area contributed by atoms with Crippen LogP contribution >= 0.6 is 0 Å². The van der Waals surface area contributed by atoms with Crippen molar-refractivity contribution in [2.24, 2.45) is 0 Å². The molecule has 0 amide bonds. The first kappa shape index (κ1) is 25.5. The first-order valence-electron chi connectivity index (χ1n) is 5.87. The van der Waals surface area contributed by atoms with Crippen molar-refractivity contribution in [1.29, 1.82) is 0 Å². The second-order valence-corrected chi connectivity index (χ2v) is 7.18. The molecule has 0 aliphatic carbocycles. The van der Waals surface area contributed by atoms with E-state index in [-0.39, 0.29) is 56.0 Å². The fraction of sp³-hybridized carbons (Fsp3) is 0.800. The average molecular weight is 385 g/mol. The Morgan fingerprint density at radius 2 is 1.09 bits per heavy atom. The van der Waals surface area contributed by atoms with Gasteiger partial charge in [-0.3, -0.25) is 9.11 Å². The molecule has 0 saturated heterocycles. The molecule has 0 aromatic heterocycles. The minimum Gasteiger partial charge on any atom is -0.390 e. The first-order chi connectivity index (χ1) is 9.99. The third kappa shape index (κ3) is 20.2. The molecule has 0 spiro atoms. The molecule has 10 nitrogen and oxygen atoms in total. The normalized spacial score (nSPS) is 14.3. The zero-order valence-corrected chi connectivity index (χ0v) is 16.1. The molecule has 1 radical (unpaired) electrons. The third-order valence-electron chi connectivity index (χ3n) is 1.90. The molecule has 0 saturated carbocycles. The van der Waals surface area contributed by atoms with Gasteiger partial charge >= 0.3 is 0 Å². The molecule has 2 atom stereocenters. The Labute approximate surface area is 157 Å². The van der Waals surface area contributed by atoms with E-state index in [1.54, 1.807) is 0 Å². The molecule has 0 aromatic rings. The summed E-state index contributed by atoms with van der Waals surface area (Å²) in [5.41, 5.74) is 0. The Balaban J connectivity index is 0. The van der Waals surface area contributed by atoms with E-state index in [1.165, 1.54) is 0 Å². The van der Waals surface area contributed by atoms with Crippen LogP contribution in [0.15, 0.2) is 0 Å². The van der Waals surface area contributed by atoms with E-state index in [9.17, 15) is 16.8 Å². The van der Waals surface area contributed by atoms with Gasteiger partial charge in [0.25, 0.3) is 20.2 Å². The van der Waals surface area contributed by atoms with Gasteiger partial charge in [-0.25, -0.2) is 0 Å². The maximum Gasteiger partial charge on any atom is 0.267 e. The van der Waals surface area contributed by atoms with Crippen molar-refractivity contribution in [3.63, 3.8) is 0 Å². The van der Waals surface area contributed by atoms with Crippen molar-refractivity contribution in [2.75, 3.05) is 37.9 Å². The number of aliphatic hydroxyl groups excluding tert-OH is 2. The molecular weight excluding hydrogens is 367 g/mol. The zero-order valence-electron chi connectivity index (χ0n) is 12.5. The van der Waals surface area contributed by atoms with Crippen molar-refractivity contribution in [2.45, 2.75) is 12.2 Å². The van der Waals surface area contributed by atoms with Gasteiger partial charge in [-0.05, 0) is 0 Å². The molecule has 23 heavy (non-hydrogen) atoms. The van der Waals surface area contributed by atoms with Crippen LogP contribution in [0, 0.1) is 11.8 Å². The Bertz CT molecular complexity index is 526. The first-order valence-corrected chi connectivity index (χ1v) is 9.09. The fourth-order valence-corrected chi connectivity index (χ4v) is 2.34. The van der Waals surface area contributed by atoms with Gasteiger partial charge in [-0.1, -0.05) is 11.8 Å². The summed E-state index contributed by atoms with van der Waals surface area (Å²) in [4.78, 5) is 0. The van der Waals surface area contributed by atoms with Crippen LogP contribution in [0.3, 0.4) is 0 Å². The van der Waals surface area contributed by atoms with Crippen molar-refractivity contribution in [3.05, 3.63) is 0 Å². The topological polar surface area (TPSA) is 168 Å². The molecular formula is C10H18NaO10S2. The summed E-state index contributed by atoms with van der Waals surface area (Å²) in [6.07, 6.45) is -2.74. The summed E-state index contributed by atoms with van der Waals surface area (Å²) < 4.78 is 68.2. The predicted molar refractivity (Wildman–Crippen MR) is 80.0 cm³/mol. The average Bonchev–Trinajstić information content (AvgIpc) is 2.27. The molecule has 0 bridgehead atoms. The molecule has 2 unspecified atom stereocenters. The number of hydrogen-bond acceptors (Lipinski definition) is 8. The molecule has 0 rings (SSSR count). The van der Waals surface area contributed by atoms with Gasteiger partial charge in [0.2, 0.25) is 0 Å². The van der Waals surface area contributed by atoms with Crippen molar-refractivity contribution in [3.8, 4) is 11.8 Å². The van der Waals surface area contributed by atoms with Gasteiger partial charge in [0, 0.05) is 29.6 Å². The van der Waals surface area contributed by atoms with Crippen LogP contribution < -0.4 is 0 Å². The van der Waals surface area contributed by atoms with Gasteiger partial charge in [0.1, 0.15) is 24.7 Å². The van der Waals surface area contributed by atoms with Crippen LogP contribution in [0.1, 0.15) is 0 Å². The van der Waals surface area contributed by atoms with Crippen molar-refractivity contribution in [1.82, 2.24) is 0 Å². The fourth-order valence-electron chi connectivity index (χ4n) is 1.18. The van der Waals surface area contributed by atoms with Crippen LogP contribution in [0.2, 0.25) is 0 Å². The molecule has 4 N–H and O–H groups in total. The zero-order chi connectivity index (χ0) is 17.2. The largest absolute Gasteiger partial charge is 0.390 e. The quantitative estimate of drug-likeness (QED) is 0.133. The van der Waals surface area contributed by atoms with Gasteiger partial charge < -0.3 is 19.7 Å². The summed E-state index contributed by atoms with van der Waals surface area (Å²) in [5, 5.41) is 18.3. The number of rotatable bonds is 10. The maximum absolute atomic E-state index is 10.4. The van der Waals surface area contributed by atoms with E-state index in [1.807, 2.05) is 0 Å². The van der Waals surface area contributed by atoms with Crippen LogP contribution in [-0.2, 0) is 29.7 Å². The van der Waals surface area contributed by atoms with Crippen LogP contribution in [0.25, 0.3) is 0 Å². The molecule has 0 aliphatic rings. The Morgan fingerprint density at radius 3 is 1.35 bits per heavy atom. The second kappa shape index (κ2) is 12.6. The van der Waals surface area contributed by atoms with Gasteiger partial charge in [0.15, 0.2) is 0 Å². The smallest absolute Gasteiger partial charge is 0.267 e. The number of aliphatic hydroxyl groups is 2. The van der Waals surface area contributed by atoms with Gasteiger partial charge in [-0.15, -0.1) is 0 Å². The molecule has 0 aromatic carbocycles. The molecule has 0 aliphatic heterocycles. The Kier molecular flexibility index (Phi) is 13.9. The van der Waals surface area contributed by atoms with E-state index >= 15 is 0 Å². The van der Waals surface area contributed by atoms with Crippen LogP contribution in [0.4, 0.5) is 0 Å². The van der Waals surface area contributed by atoms with Crippen molar-refractivity contribution >= 4 is 49.8 Å². The Hall–Kier alpha value is 0.220. The monoisotopic (exact) mass is 385 g/mol. The summed E-state index contributed by atoms with van der Waals surface area (Å²) in [6, 6.07) is 0. The SMILES string of the molecule is O=S(=O)(O)CC(O)COCC#CCOCC(O)CS(=O)(=O)O.[Na]. The minimum absolute atomic E-state index is 0. The van der Waals surface area contributed by atoms with E-state index in [4.69, 9.17) is 28.8 Å². The molecule has 131 valence electrons. The van der Waals surface area contributed by atoms with Crippen molar-refractivity contribution < 1.29 is 45.6 Å². The number of hydrogen-bond donors (Lipinski definition) is 4. The Morgan fingerprint density at radius 1 is 0.783 bits per heavy atom. The van der Waals surface area contributed by atoms with E-state index in [0.717, 1.165) is 0 Å². The number of ether oxygens (including phenoxy) is 2.